The van der Waals surface area contributed by atoms with Crippen molar-refractivity contribution in [2.24, 2.45) is 0 Å². The first-order valence-corrected chi connectivity index (χ1v) is 10.5. The average molecular weight is 433 g/mol. The quantitative estimate of drug-likeness (QED) is 0.498. The van der Waals surface area contributed by atoms with E-state index in [1.807, 2.05) is 42.7 Å². The van der Waals surface area contributed by atoms with E-state index in [1.54, 1.807) is 24.1 Å². The van der Waals surface area contributed by atoms with Crippen LogP contribution in [-0.4, -0.2) is 37.9 Å². The van der Waals surface area contributed by atoms with Crippen molar-refractivity contribution in [2.75, 3.05) is 7.05 Å². The van der Waals surface area contributed by atoms with Crippen molar-refractivity contribution in [1.29, 1.82) is 0 Å². The molecule has 0 radical (unpaired) electrons. The maximum atomic E-state index is 13.4. The second kappa shape index (κ2) is 9.41. The summed E-state index contributed by atoms with van der Waals surface area (Å²) in [6.07, 6.45) is 0. The number of carbonyl (C=O) groups is 1. The molecule has 0 saturated heterocycles. The van der Waals surface area contributed by atoms with Gasteiger partial charge in [-0.2, -0.15) is 0 Å². The Labute approximate surface area is 178 Å². The molecule has 0 N–H and O–H groups in total. The molecule has 3 rings (SSSR count). The van der Waals surface area contributed by atoms with E-state index in [9.17, 15) is 9.18 Å². The first-order valence-electron chi connectivity index (χ1n) is 9.24. The minimum Gasteiger partial charge on any atom is -0.340 e. The molecule has 3 aromatic rings. The van der Waals surface area contributed by atoms with Gasteiger partial charge >= 0.3 is 0 Å². The van der Waals surface area contributed by atoms with Gasteiger partial charge in [-0.25, -0.2) is 4.39 Å². The fourth-order valence-electron chi connectivity index (χ4n) is 2.98. The van der Waals surface area contributed by atoms with E-state index in [2.05, 4.69) is 10.2 Å². The molecule has 5 nitrogen and oxygen atoms in total. The first-order chi connectivity index (χ1) is 13.9. The van der Waals surface area contributed by atoms with E-state index in [0.29, 0.717) is 23.3 Å². The van der Waals surface area contributed by atoms with Gasteiger partial charge in [0.05, 0.1) is 5.25 Å². The molecule has 1 heterocycles. The van der Waals surface area contributed by atoms with Gasteiger partial charge in [-0.3, -0.25) is 4.79 Å². The third-order valence-corrected chi connectivity index (χ3v) is 5.77. The number of rotatable bonds is 7. The molecule has 0 spiro atoms. The smallest absolute Gasteiger partial charge is 0.235 e. The van der Waals surface area contributed by atoms with Crippen LogP contribution in [-0.2, 0) is 17.9 Å². The molecule has 0 aliphatic rings. The number of benzene rings is 2. The largest absolute Gasteiger partial charge is 0.340 e. The summed E-state index contributed by atoms with van der Waals surface area (Å²) in [6.45, 7) is 4.87. The molecular weight excluding hydrogens is 411 g/mol. The van der Waals surface area contributed by atoms with Gasteiger partial charge in [0.25, 0.3) is 0 Å². The molecule has 8 heteroatoms. The van der Waals surface area contributed by atoms with Crippen molar-refractivity contribution in [3.63, 3.8) is 0 Å². The summed E-state index contributed by atoms with van der Waals surface area (Å²) in [5, 5.41) is 9.57. The van der Waals surface area contributed by atoms with Crippen LogP contribution in [0.5, 0.6) is 0 Å². The zero-order valence-corrected chi connectivity index (χ0v) is 18.0. The highest BCUT2D eigenvalue weighted by Crippen LogP contribution is 2.28. The van der Waals surface area contributed by atoms with Crippen LogP contribution in [0.25, 0.3) is 11.4 Å². The molecule has 1 atom stereocenters. The van der Waals surface area contributed by atoms with Crippen LogP contribution in [0.2, 0.25) is 5.02 Å². The van der Waals surface area contributed by atoms with E-state index >= 15 is 0 Å². The Bertz CT molecular complexity index is 993. The Morgan fingerprint density at radius 2 is 1.97 bits per heavy atom. The summed E-state index contributed by atoms with van der Waals surface area (Å²) in [5.41, 5.74) is 1.66. The lowest BCUT2D eigenvalue weighted by atomic mass is 10.2. The summed E-state index contributed by atoms with van der Waals surface area (Å²) in [6, 6.07) is 13.7. The zero-order chi connectivity index (χ0) is 21.0. The summed E-state index contributed by atoms with van der Waals surface area (Å²) >= 11 is 7.33. The fraction of sp³-hybridized carbons (Fsp3) is 0.286. The normalized spacial score (nSPS) is 12.0. The van der Waals surface area contributed by atoms with Gasteiger partial charge in [-0.05, 0) is 55.8 Å². The van der Waals surface area contributed by atoms with E-state index in [-0.39, 0.29) is 17.0 Å². The summed E-state index contributed by atoms with van der Waals surface area (Å²) in [4.78, 5) is 14.4. The third-order valence-electron chi connectivity index (χ3n) is 4.45. The Kier molecular flexibility index (Phi) is 6.92. The monoisotopic (exact) mass is 432 g/mol. The summed E-state index contributed by atoms with van der Waals surface area (Å²) in [7, 11) is 1.72. The van der Waals surface area contributed by atoms with Crippen LogP contribution >= 0.6 is 23.4 Å². The number of nitrogens with zero attached hydrogens (tertiary/aromatic N) is 4. The summed E-state index contributed by atoms with van der Waals surface area (Å²) < 4.78 is 15.4. The highest BCUT2D eigenvalue weighted by atomic mass is 35.5. The van der Waals surface area contributed by atoms with Gasteiger partial charge in [0.2, 0.25) is 5.91 Å². The van der Waals surface area contributed by atoms with E-state index < -0.39 is 0 Å². The van der Waals surface area contributed by atoms with Crippen molar-refractivity contribution >= 4 is 29.3 Å². The number of aromatic nitrogens is 3. The lowest BCUT2D eigenvalue weighted by molar-refractivity contribution is -0.129. The molecule has 0 aliphatic heterocycles. The number of thioether (sulfide) groups is 1. The molecular formula is C21H22ClFN4OS. The van der Waals surface area contributed by atoms with Crippen LogP contribution in [0.4, 0.5) is 4.39 Å². The molecule has 1 aromatic heterocycles. The van der Waals surface area contributed by atoms with Crippen molar-refractivity contribution in [2.45, 2.75) is 37.3 Å². The third kappa shape index (κ3) is 5.16. The minimum atomic E-state index is -0.360. The maximum absolute atomic E-state index is 13.4. The SMILES string of the molecule is CCn1c(SC(C)C(=O)N(C)Cc2cccc(F)c2)nnc1-c1ccc(Cl)cc1. The average Bonchev–Trinajstić information content (AvgIpc) is 3.10. The number of amides is 1. The molecule has 0 fully saturated rings. The first kappa shape index (κ1) is 21.3. The predicted octanol–water partition coefficient (Wildman–Crippen LogP) is 4.90. The van der Waals surface area contributed by atoms with Crippen LogP contribution in [0, 0.1) is 5.82 Å². The standard InChI is InChI=1S/C21H22ClFN4OS/c1-4-27-19(16-8-10-17(22)11-9-16)24-25-21(27)29-14(2)20(28)26(3)13-15-6-5-7-18(23)12-15/h5-12,14H,4,13H2,1-3H3. The molecule has 29 heavy (non-hydrogen) atoms. The van der Waals surface area contributed by atoms with E-state index in [1.165, 1.54) is 23.9 Å². The highest BCUT2D eigenvalue weighted by Gasteiger charge is 2.23. The Balaban J connectivity index is 1.72. The van der Waals surface area contributed by atoms with Crippen LogP contribution < -0.4 is 0 Å². The number of hydrogen-bond donors (Lipinski definition) is 0. The predicted molar refractivity (Wildman–Crippen MR) is 114 cm³/mol. The van der Waals surface area contributed by atoms with Crippen LogP contribution in [0.15, 0.2) is 53.7 Å². The van der Waals surface area contributed by atoms with Gasteiger partial charge in [0, 0.05) is 30.7 Å². The molecule has 1 amide bonds. The molecule has 1 unspecified atom stereocenters. The van der Waals surface area contributed by atoms with Crippen molar-refractivity contribution < 1.29 is 9.18 Å². The Morgan fingerprint density at radius 3 is 2.62 bits per heavy atom. The van der Waals surface area contributed by atoms with Crippen molar-refractivity contribution in [3.8, 4) is 11.4 Å². The molecule has 0 aliphatic carbocycles. The van der Waals surface area contributed by atoms with E-state index in [0.717, 1.165) is 17.0 Å². The second-order valence-corrected chi connectivity index (χ2v) is 8.39. The lowest BCUT2D eigenvalue weighted by Crippen LogP contribution is -2.33. The van der Waals surface area contributed by atoms with Gasteiger partial charge in [0.15, 0.2) is 11.0 Å². The highest BCUT2D eigenvalue weighted by molar-refractivity contribution is 8.00. The zero-order valence-electron chi connectivity index (χ0n) is 16.5. The van der Waals surface area contributed by atoms with Crippen LogP contribution in [0.1, 0.15) is 19.4 Å². The molecule has 2 aromatic carbocycles. The number of carbonyl (C=O) groups excluding carboxylic acids is 1. The number of halogens is 2. The Hall–Kier alpha value is -2.38. The minimum absolute atomic E-state index is 0.0574. The molecule has 0 bridgehead atoms. The molecule has 0 saturated carbocycles. The molecule has 152 valence electrons. The van der Waals surface area contributed by atoms with Gasteiger partial charge in [-0.1, -0.05) is 35.5 Å². The van der Waals surface area contributed by atoms with Gasteiger partial charge in [-0.15, -0.1) is 10.2 Å². The lowest BCUT2D eigenvalue weighted by Gasteiger charge is -2.21. The van der Waals surface area contributed by atoms with Crippen molar-refractivity contribution in [1.82, 2.24) is 19.7 Å². The van der Waals surface area contributed by atoms with Gasteiger partial charge in [0.1, 0.15) is 5.82 Å². The van der Waals surface area contributed by atoms with Crippen LogP contribution in [0.3, 0.4) is 0 Å². The fourth-order valence-corrected chi connectivity index (χ4v) is 4.13. The topological polar surface area (TPSA) is 51.0 Å². The summed E-state index contributed by atoms with van der Waals surface area (Å²) in [5.74, 6) is 0.369. The van der Waals surface area contributed by atoms with E-state index in [4.69, 9.17) is 11.6 Å². The van der Waals surface area contributed by atoms with Crippen molar-refractivity contribution in [3.05, 3.63) is 64.9 Å². The van der Waals surface area contributed by atoms with Gasteiger partial charge < -0.3 is 9.47 Å². The maximum Gasteiger partial charge on any atom is 0.235 e. The second-order valence-electron chi connectivity index (χ2n) is 6.64. The Morgan fingerprint density at radius 1 is 1.24 bits per heavy atom. The number of hydrogen-bond acceptors (Lipinski definition) is 4.